The Kier molecular flexibility index (Phi) is 4.92. The molecule has 2 unspecified atom stereocenters. The molecule has 0 radical (unpaired) electrons. The predicted octanol–water partition coefficient (Wildman–Crippen LogP) is 2.25. The van der Waals surface area contributed by atoms with Gasteiger partial charge in [-0.15, -0.1) is 11.8 Å². The number of rotatable bonds is 6. The minimum atomic E-state index is -2.85. The topological polar surface area (TPSA) is 60.2 Å². The lowest BCUT2D eigenvalue weighted by molar-refractivity contribution is 0.564. The smallest absolute Gasteiger partial charge is 0.150 e. The van der Waals surface area contributed by atoms with Crippen LogP contribution in [0.5, 0.6) is 0 Å². The van der Waals surface area contributed by atoms with Crippen molar-refractivity contribution in [3.8, 4) is 0 Å². The molecule has 3 nitrogen and oxygen atoms in total. The number of fused-ring (bicyclic) bond motifs is 1. The number of sulfone groups is 1. The Labute approximate surface area is 119 Å². The molecule has 1 aromatic carbocycles. The normalized spacial score (nSPS) is 20.2. The van der Waals surface area contributed by atoms with Gasteiger partial charge in [-0.2, -0.15) is 0 Å². The zero-order chi connectivity index (χ0) is 13.9. The first kappa shape index (κ1) is 14.9. The van der Waals surface area contributed by atoms with Gasteiger partial charge < -0.3 is 5.73 Å². The molecule has 2 N–H and O–H groups in total. The minimum absolute atomic E-state index is 0.0736. The molecule has 0 fully saturated rings. The van der Waals surface area contributed by atoms with Crippen molar-refractivity contribution in [1.82, 2.24) is 0 Å². The van der Waals surface area contributed by atoms with Crippen LogP contribution in [-0.4, -0.2) is 31.2 Å². The summed E-state index contributed by atoms with van der Waals surface area (Å²) in [6, 6.07) is 8.46. The maximum absolute atomic E-state index is 11.4. The summed E-state index contributed by atoms with van der Waals surface area (Å²) in [4.78, 5) is 1.32. The number of nitrogens with two attached hydrogens (primary N) is 1. The maximum Gasteiger partial charge on any atom is 0.150 e. The van der Waals surface area contributed by atoms with Crippen LogP contribution in [0.4, 0.5) is 0 Å². The summed E-state index contributed by atoms with van der Waals surface area (Å²) in [7, 11) is -2.85. The minimum Gasteiger partial charge on any atom is -0.327 e. The highest BCUT2D eigenvalue weighted by atomic mass is 32.2. The van der Waals surface area contributed by atoms with E-state index in [1.165, 1.54) is 10.5 Å². The van der Waals surface area contributed by atoms with Gasteiger partial charge in [-0.1, -0.05) is 25.1 Å². The average molecular weight is 299 g/mol. The van der Waals surface area contributed by atoms with Gasteiger partial charge in [0.25, 0.3) is 0 Å². The average Bonchev–Trinajstić information content (AvgIpc) is 2.82. The number of hydrogen-bond donors (Lipinski definition) is 1. The zero-order valence-corrected chi connectivity index (χ0v) is 12.8. The number of thioether (sulfide) groups is 1. The fraction of sp³-hybridized carbons (Fsp3) is 0.571. The Morgan fingerprint density at radius 1 is 1.42 bits per heavy atom. The lowest BCUT2D eigenvalue weighted by Gasteiger charge is -2.17. The summed E-state index contributed by atoms with van der Waals surface area (Å²) in [6.45, 7) is 1.69. The van der Waals surface area contributed by atoms with Crippen LogP contribution in [0, 0.1) is 0 Å². The van der Waals surface area contributed by atoms with Gasteiger partial charge in [0.05, 0.1) is 5.75 Å². The molecule has 0 aliphatic carbocycles. The van der Waals surface area contributed by atoms with Crippen molar-refractivity contribution in [2.75, 3.05) is 11.5 Å². The Bertz CT molecular complexity index is 503. The van der Waals surface area contributed by atoms with E-state index in [2.05, 4.69) is 18.2 Å². The molecule has 2 rings (SSSR count). The van der Waals surface area contributed by atoms with Gasteiger partial charge in [0.2, 0.25) is 0 Å². The van der Waals surface area contributed by atoms with Crippen LogP contribution in [0.15, 0.2) is 29.2 Å². The third-order valence-electron chi connectivity index (χ3n) is 3.58. The van der Waals surface area contributed by atoms with Crippen molar-refractivity contribution in [3.63, 3.8) is 0 Å². The molecule has 0 bridgehead atoms. The van der Waals surface area contributed by atoms with Gasteiger partial charge in [-0.05, 0) is 30.9 Å². The molecule has 5 heteroatoms. The molecule has 0 amide bonds. The highest BCUT2D eigenvalue weighted by Gasteiger charge is 2.26. The van der Waals surface area contributed by atoms with E-state index in [4.69, 9.17) is 5.73 Å². The van der Waals surface area contributed by atoms with E-state index in [9.17, 15) is 8.42 Å². The lowest BCUT2D eigenvalue weighted by atomic mass is 10.0. The van der Waals surface area contributed by atoms with Crippen LogP contribution in [0.1, 0.15) is 25.3 Å². The second-order valence-corrected chi connectivity index (χ2v) is 8.76. The van der Waals surface area contributed by atoms with Gasteiger partial charge >= 0.3 is 0 Å². The number of hydrogen-bond acceptors (Lipinski definition) is 4. The van der Waals surface area contributed by atoms with E-state index in [0.717, 1.165) is 12.8 Å². The van der Waals surface area contributed by atoms with Crippen molar-refractivity contribution in [3.05, 3.63) is 29.8 Å². The van der Waals surface area contributed by atoms with Crippen LogP contribution in [-0.2, 0) is 16.3 Å². The third-order valence-corrected chi connectivity index (χ3v) is 6.84. The standard InChI is InChI=1S/C14H21NO2S2/c1-2-19(16,17)9-5-7-12(15)14-10-11-6-3-4-8-13(11)18-14/h3-4,6,8,12,14H,2,5,7,9-10,15H2,1H3. The molecule has 1 aliphatic heterocycles. The van der Waals surface area contributed by atoms with E-state index in [1.807, 2.05) is 17.8 Å². The molecule has 0 saturated heterocycles. The van der Waals surface area contributed by atoms with Gasteiger partial charge in [-0.25, -0.2) is 8.42 Å². The first-order valence-electron chi connectivity index (χ1n) is 6.72. The van der Waals surface area contributed by atoms with Gasteiger partial charge in [-0.3, -0.25) is 0 Å². The number of benzene rings is 1. The Morgan fingerprint density at radius 2 is 2.16 bits per heavy atom. The summed E-state index contributed by atoms with van der Waals surface area (Å²) in [5.41, 5.74) is 7.58. The largest absolute Gasteiger partial charge is 0.327 e. The molecular weight excluding hydrogens is 278 g/mol. The van der Waals surface area contributed by atoms with Gasteiger partial charge in [0.1, 0.15) is 9.84 Å². The van der Waals surface area contributed by atoms with E-state index in [1.54, 1.807) is 6.92 Å². The van der Waals surface area contributed by atoms with Crippen LogP contribution < -0.4 is 5.73 Å². The van der Waals surface area contributed by atoms with Crippen molar-refractivity contribution in [1.29, 1.82) is 0 Å². The molecule has 1 aromatic rings. The molecule has 2 atom stereocenters. The summed E-state index contributed by atoms with van der Waals surface area (Å²) < 4.78 is 22.9. The molecule has 0 saturated carbocycles. The van der Waals surface area contributed by atoms with Crippen molar-refractivity contribution in [2.24, 2.45) is 5.73 Å². The molecular formula is C14H21NO2S2. The first-order chi connectivity index (χ1) is 9.02. The molecule has 0 aromatic heterocycles. The second-order valence-electron chi connectivity index (χ2n) is 5.01. The fourth-order valence-corrected chi connectivity index (χ4v) is 4.57. The molecule has 1 heterocycles. The van der Waals surface area contributed by atoms with Crippen LogP contribution >= 0.6 is 11.8 Å². The summed E-state index contributed by atoms with van der Waals surface area (Å²) >= 11 is 1.83. The second kappa shape index (κ2) is 6.29. The van der Waals surface area contributed by atoms with Crippen LogP contribution in [0.25, 0.3) is 0 Å². The Morgan fingerprint density at radius 3 is 2.84 bits per heavy atom. The van der Waals surface area contributed by atoms with Crippen LogP contribution in [0.2, 0.25) is 0 Å². The molecule has 106 valence electrons. The summed E-state index contributed by atoms with van der Waals surface area (Å²) in [5, 5.41) is 0.390. The van der Waals surface area contributed by atoms with Gasteiger partial charge in [0, 0.05) is 21.9 Å². The molecule has 19 heavy (non-hydrogen) atoms. The zero-order valence-electron chi connectivity index (χ0n) is 11.2. The molecule has 1 aliphatic rings. The van der Waals surface area contributed by atoms with E-state index in [0.29, 0.717) is 11.7 Å². The van der Waals surface area contributed by atoms with E-state index >= 15 is 0 Å². The Balaban J connectivity index is 1.82. The van der Waals surface area contributed by atoms with E-state index in [-0.39, 0.29) is 17.5 Å². The summed E-state index contributed by atoms with van der Waals surface area (Å²) in [5.74, 6) is 0.493. The monoisotopic (exact) mass is 299 g/mol. The van der Waals surface area contributed by atoms with Gasteiger partial charge in [0.15, 0.2) is 0 Å². The van der Waals surface area contributed by atoms with Crippen molar-refractivity contribution in [2.45, 2.75) is 42.4 Å². The van der Waals surface area contributed by atoms with Crippen molar-refractivity contribution >= 4 is 21.6 Å². The highest BCUT2D eigenvalue weighted by Crippen LogP contribution is 2.38. The molecule has 0 spiro atoms. The summed E-state index contributed by atoms with van der Waals surface area (Å²) in [6.07, 6.45) is 2.46. The third kappa shape index (κ3) is 3.97. The maximum atomic E-state index is 11.4. The quantitative estimate of drug-likeness (QED) is 0.875. The van der Waals surface area contributed by atoms with Crippen molar-refractivity contribution < 1.29 is 8.42 Å². The predicted molar refractivity (Wildman–Crippen MR) is 81.3 cm³/mol. The van der Waals surface area contributed by atoms with Crippen LogP contribution in [0.3, 0.4) is 0 Å². The Hall–Kier alpha value is -0.520. The first-order valence-corrected chi connectivity index (χ1v) is 9.42. The highest BCUT2D eigenvalue weighted by molar-refractivity contribution is 8.00. The SMILES string of the molecule is CCS(=O)(=O)CCCC(N)C1Cc2ccccc2S1. The fourth-order valence-electron chi connectivity index (χ4n) is 2.32. The lowest BCUT2D eigenvalue weighted by Crippen LogP contribution is -2.32. The van der Waals surface area contributed by atoms with E-state index < -0.39 is 9.84 Å².